The Balaban J connectivity index is 1.89. The molecule has 0 saturated carbocycles. The molecule has 0 aromatic heterocycles. The van der Waals surface area contributed by atoms with Gasteiger partial charge in [0.05, 0.1) is 13.2 Å². The first kappa shape index (κ1) is 18.0. The predicted molar refractivity (Wildman–Crippen MR) is 101 cm³/mol. The molecule has 5 nitrogen and oxygen atoms in total. The van der Waals surface area contributed by atoms with Crippen molar-refractivity contribution in [1.82, 2.24) is 0 Å². The average Bonchev–Trinajstić information content (AvgIpc) is 2.97. The van der Waals surface area contributed by atoms with E-state index in [1.165, 1.54) is 0 Å². The summed E-state index contributed by atoms with van der Waals surface area (Å²) in [4.78, 5) is 16.4. The van der Waals surface area contributed by atoms with Gasteiger partial charge in [-0.15, -0.1) is 0 Å². The Bertz CT molecular complexity index is 885. The van der Waals surface area contributed by atoms with Crippen LogP contribution in [0.15, 0.2) is 53.2 Å². The molecule has 3 rings (SSSR count). The van der Waals surface area contributed by atoms with Gasteiger partial charge in [-0.1, -0.05) is 17.7 Å². The maximum Gasteiger partial charge on any atom is 0.363 e. The normalized spacial score (nSPS) is 15.2. The van der Waals surface area contributed by atoms with E-state index < -0.39 is 5.97 Å². The van der Waals surface area contributed by atoms with Crippen LogP contribution >= 0.6 is 11.6 Å². The highest BCUT2D eigenvalue weighted by Crippen LogP contribution is 2.30. The zero-order chi connectivity index (χ0) is 18.7. The number of carbonyl (C=O) groups excluding carboxylic acids is 1. The lowest BCUT2D eigenvalue weighted by Crippen LogP contribution is -2.06. The lowest BCUT2D eigenvalue weighted by Gasteiger charge is -2.13. The van der Waals surface area contributed by atoms with E-state index in [1.807, 2.05) is 19.9 Å². The first-order valence-corrected chi connectivity index (χ1v) is 8.47. The fraction of sp³-hybridized carbons (Fsp3) is 0.200. The molecule has 1 aliphatic rings. The number of ether oxygens (including phenoxy) is 3. The van der Waals surface area contributed by atoms with Crippen molar-refractivity contribution >= 4 is 29.5 Å². The van der Waals surface area contributed by atoms with Crippen LogP contribution in [0.2, 0.25) is 5.02 Å². The summed E-state index contributed by atoms with van der Waals surface area (Å²) in [5.41, 5.74) is 1.66. The second-order valence-corrected chi connectivity index (χ2v) is 6.36. The molecule has 0 aliphatic carbocycles. The molecule has 0 bridgehead atoms. The zero-order valence-electron chi connectivity index (χ0n) is 14.7. The van der Waals surface area contributed by atoms with Crippen molar-refractivity contribution in [2.24, 2.45) is 4.99 Å². The summed E-state index contributed by atoms with van der Waals surface area (Å²) in [6.45, 7) is 3.88. The predicted octanol–water partition coefficient (Wildman–Crippen LogP) is 4.48. The fourth-order valence-corrected chi connectivity index (χ4v) is 2.53. The van der Waals surface area contributed by atoms with Gasteiger partial charge in [0, 0.05) is 10.6 Å². The van der Waals surface area contributed by atoms with Crippen LogP contribution in [0, 0.1) is 0 Å². The quantitative estimate of drug-likeness (QED) is 0.574. The molecule has 26 heavy (non-hydrogen) atoms. The van der Waals surface area contributed by atoms with Gasteiger partial charge in [0.15, 0.2) is 17.2 Å². The molecule has 0 amide bonds. The second-order valence-electron chi connectivity index (χ2n) is 5.92. The smallest absolute Gasteiger partial charge is 0.363 e. The van der Waals surface area contributed by atoms with Crippen LogP contribution in [-0.2, 0) is 9.53 Å². The summed E-state index contributed by atoms with van der Waals surface area (Å²) < 4.78 is 16.3. The van der Waals surface area contributed by atoms with Gasteiger partial charge >= 0.3 is 5.97 Å². The zero-order valence-corrected chi connectivity index (χ0v) is 15.4. The van der Waals surface area contributed by atoms with Crippen molar-refractivity contribution in [2.45, 2.75) is 20.0 Å². The number of methoxy groups -OCH3 is 1. The van der Waals surface area contributed by atoms with E-state index in [-0.39, 0.29) is 17.7 Å². The molecule has 0 atom stereocenters. The molecule has 1 aliphatic heterocycles. The van der Waals surface area contributed by atoms with Crippen LogP contribution in [0.25, 0.3) is 6.08 Å². The van der Waals surface area contributed by atoms with Gasteiger partial charge in [-0.3, -0.25) is 0 Å². The molecule has 0 unspecified atom stereocenters. The molecule has 2 aromatic rings. The third kappa shape index (κ3) is 4.06. The van der Waals surface area contributed by atoms with E-state index in [0.717, 1.165) is 5.56 Å². The Hall–Kier alpha value is -2.79. The number of aliphatic imine (C=N–C) groups is 1. The van der Waals surface area contributed by atoms with Gasteiger partial charge in [-0.2, -0.15) is 0 Å². The number of benzene rings is 2. The summed E-state index contributed by atoms with van der Waals surface area (Å²) in [6.07, 6.45) is 1.68. The average molecular weight is 372 g/mol. The Labute approximate surface area is 156 Å². The summed E-state index contributed by atoms with van der Waals surface area (Å²) in [6, 6.07) is 12.3. The van der Waals surface area contributed by atoms with Gasteiger partial charge in [-0.05, 0) is 61.9 Å². The summed E-state index contributed by atoms with van der Waals surface area (Å²) in [7, 11) is 1.57. The first-order chi connectivity index (χ1) is 12.5. The van der Waals surface area contributed by atoms with E-state index >= 15 is 0 Å². The van der Waals surface area contributed by atoms with Crippen molar-refractivity contribution in [3.8, 4) is 11.5 Å². The topological polar surface area (TPSA) is 57.1 Å². The lowest BCUT2D eigenvalue weighted by atomic mass is 10.1. The number of halogens is 1. The highest BCUT2D eigenvalue weighted by molar-refractivity contribution is 6.30. The summed E-state index contributed by atoms with van der Waals surface area (Å²) >= 11 is 5.87. The van der Waals surface area contributed by atoms with E-state index in [1.54, 1.807) is 49.6 Å². The monoisotopic (exact) mass is 371 g/mol. The molecule has 0 N–H and O–H groups in total. The van der Waals surface area contributed by atoms with Crippen LogP contribution in [-0.4, -0.2) is 25.1 Å². The van der Waals surface area contributed by atoms with Gasteiger partial charge in [0.1, 0.15) is 0 Å². The number of esters is 1. The van der Waals surface area contributed by atoms with Crippen LogP contribution < -0.4 is 9.47 Å². The molecule has 2 aromatic carbocycles. The Kier molecular flexibility index (Phi) is 5.28. The molecule has 0 fully saturated rings. The third-order valence-electron chi connectivity index (χ3n) is 3.57. The van der Waals surface area contributed by atoms with E-state index in [0.29, 0.717) is 22.1 Å². The minimum absolute atomic E-state index is 0.0319. The third-order valence-corrected chi connectivity index (χ3v) is 3.82. The van der Waals surface area contributed by atoms with Crippen LogP contribution in [0.1, 0.15) is 25.0 Å². The fourth-order valence-electron chi connectivity index (χ4n) is 2.41. The second kappa shape index (κ2) is 7.62. The van der Waals surface area contributed by atoms with E-state index in [2.05, 4.69) is 4.99 Å². The number of nitrogens with zero attached hydrogens (tertiary/aromatic N) is 1. The minimum atomic E-state index is -0.503. The van der Waals surface area contributed by atoms with Crippen molar-refractivity contribution in [1.29, 1.82) is 0 Å². The van der Waals surface area contributed by atoms with E-state index in [4.69, 9.17) is 25.8 Å². The minimum Gasteiger partial charge on any atom is -0.493 e. The highest BCUT2D eigenvalue weighted by Gasteiger charge is 2.24. The Morgan fingerprint density at radius 2 is 1.85 bits per heavy atom. The van der Waals surface area contributed by atoms with Crippen molar-refractivity contribution in [3.05, 3.63) is 64.3 Å². The van der Waals surface area contributed by atoms with Crippen molar-refractivity contribution in [2.75, 3.05) is 7.11 Å². The SMILES string of the molecule is COc1cc(/C=C2\N=C(c3ccc(Cl)cc3)OC2=O)ccc1OC(C)C. The molecule has 0 spiro atoms. The number of cyclic esters (lactones) is 1. The summed E-state index contributed by atoms with van der Waals surface area (Å²) in [5, 5.41) is 0.602. The van der Waals surface area contributed by atoms with Crippen molar-refractivity contribution in [3.63, 3.8) is 0 Å². The maximum absolute atomic E-state index is 12.1. The molecule has 0 radical (unpaired) electrons. The van der Waals surface area contributed by atoms with Gasteiger partial charge in [0.25, 0.3) is 0 Å². The van der Waals surface area contributed by atoms with Crippen LogP contribution in [0.3, 0.4) is 0 Å². The van der Waals surface area contributed by atoms with Crippen molar-refractivity contribution < 1.29 is 19.0 Å². The number of carbonyl (C=O) groups is 1. The molecule has 1 heterocycles. The maximum atomic E-state index is 12.1. The number of hydrogen-bond donors (Lipinski definition) is 0. The molecular weight excluding hydrogens is 354 g/mol. The lowest BCUT2D eigenvalue weighted by molar-refractivity contribution is -0.129. The Morgan fingerprint density at radius 3 is 2.50 bits per heavy atom. The summed E-state index contributed by atoms with van der Waals surface area (Å²) in [5.74, 6) is 0.978. The molecule has 0 saturated heterocycles. The van der Waals surface area contributed by atoms with Gasteiger partial charge in [-0.25, -0.2) is 9.79 Å². The van der Waals surface area contributed by atoms with Crippen LogP contribution in [0.5, 0.6) is 11.5 Å². The Morgan fingerprint density at radius 1 is 1.12 bits per heavy atom. The largest absolute Gasteiger partial charge is 0.493 e. The van der Waals surface area contributed by atoms with E-state index in [9.17, 15) is 4.79 Å². The molecule has 6 heteroatoms. The van der Waals surface area contributed by atoms with Gasteiger partial charge < -0.3 is 14.2 Å². The molecular formula is C20H18ClNO4. The van der Waals surface area contributed by atoms with Gasteiger partial charge in [0.2, 0.25) is 5.90 Å². The standard InChI is InChI=1S/C20H18ClNO4/c1-12(2)25-17-9-4-13(11-18(17)24-3)10-16-20(23)26-19(22-16)14-5-7-15(21)8-6-14/h4-12H,1-3H3/b16-10-. The highest BCUT2D eigenvalue weighted by atomic mass is 35.5. The molecule has 134 valence electrons. The first-order valence-electron chi connectivity index (χ1n) is 8.09. The van der Waals surface area contributed by atoms with Crippen LogP contribution in [0.4, 0.5) is 0 Å². The number of hydrogen-bond acceptors (Lipinski definition) is 5. The number of rotatable bonds is 5.